The van der Waals surface area contributed by atoms with Crippen molar-refractivity contribution in [2.75, 3.05) is 51.3 Å². The van der Waals surface area contributed by atoms with Crippen molar-refractivity contribution in [1.29, 1.82) is 0 Å². The van der Waals surface area contributed by atoms with Gasteiger partial charge in [-0.3, -0.25) is 9.69 Å². The Balaban J connectivity index is 1.73. The van der Waals surface area contributed by atoms with Crippen LogP contribution < -0.4 is 10.6 Å². The molecule has 150 valence electrons. The normalized spacial score (nSPS) is 14.8. The number of rotatable bonds is 8. The molecular formula is C21H29N5O2. The van der Waals surface area contributed by atoms with E-state index < -0.39 is 0 Å². The van der Waals surface area contributed by atoms with Crippen molar-refractivity contribution in [3.8, 4) is 11.4 Å². The molecule has 0 bridgehead atoms. The highest BCUT2D eigenvalue weighted by Crippen LogP contribution is 2.18. The van der Waals surface area contributed by atoms with E-state index in [2.05, 4.69) is 39.3 Å². The maximum Gasteiger partial charge on any atom is 0.270 e. The lowest BCUT2D eigenvalue weighted by Gasteiger charge is -2.26. The van der Waals surface area contributed by atoms with Gasteiger partial charge >= 0.3 is 0 Å². The molecule has 1 aliphatic rings. The molecule has 1 aromatic heterocycles. The summed E-state index contributed by atoms with van der Waals surface area (Å²) in [5.41, 5.74) is 1.26. The molecule has 0 radical (unpaired) electrons. The summed E-state index contributed by atoms with van der Waals surface area (Å²) in [6.45, 7) is 9.86. The molecule has 2 N–H and O–H groups in total. The maximum absolute atomic E-state index is 12.6. The summed E-state index contributed by atoms with van der Waals surface area (Å²) < 4.78 is 5.38. The molecule has 2 aromatic rings. The predicted molar refractivity (Wildman–Crippen MR) is 110 cm³/mol. The number of nitrogens with one attached hydrogen (secondary N) is 2. The van der Waals surface area contributed by atoms with E-state index in [0.29, 0.717) is 29.8 Å². The summed E-state index contributed by atoms with van der Waals surface area (Å²) in [5.74, 6) is 1.42. The number of carbonyl (C=O) groups is 1. The minimum absolute atomic E-state index is 0.176. The summed E-state index contributed by atoms with van der Waals surface area (Å²) >= 11 is 0. The number of hydrogen-bond donors (Lipinski definition) is 2. The molecule has 2 heterocycles. The van der Waals surface area contributed by atoms with Crippen molar-refractivity contribution >= 4 is 11.7 Å². The monoisotopic (exact) mass is 383 g/mol. The molecule has 3 rings (SSSR count). The largest absolute Gasteiger partial charge is 0.379 e. The molecule has 7 heteroatoms. The lowest BCUT2D eigenvalue weighted by molar-refractivity contribution is 0.0398. The van der Waals surface area contributed by atoms with Crippen molar-refractivity contribution in [3.63, 3.8) is 0 Å². The Labute approximate surface area is 166 Å². The number of morpholine rings is 1. The SMILES string of the molecule is CC(C)CNC(=O)c1cc(NCCN2CCOCC2)nc(-c2ccccc2)n1. The third-order valence-electron chi connectivity index (χ3n) is 4.50. The highest BCUT2D eigenvalue weighted by atomic mass is 16.5. The van der Waals surface area contributed by atoms with Crippen LogP contribution in [0.15, 0.2) is 36.4 Å². The van der Waals surface area contributed by atoms with Gasteiger partial charge in [0.15, 0.2) is 5.82 Å². The Morgan fingerprint density at radius 3 is 2.64 bits per heavy atom. The van der Waals surface area contributed by atoms with Gasteiger partial charge in [-0.1, -0.05) is 44.2 Å². The second-order valence-corrected chi connectivity index (χ2v) is 7.31. The minimum atomic E-state index is -0.176. The maximum atomic E-state index is 12.6. The van der Waals surface area contributed by atoms with Crippen molar-refractivity contribution < 1.29 is 9.53 Å². The van der Waals surface area contributed by atoms with E-state index >= 15 is 0 Å². The highest BCUT2D eigenvalue weighted by molar-refractivity contribution is 5.93. The quantitative estimate of drug-likeness (QED) is 0.728. The van der Waals surface area contributed by atoms with E-state index in [9.17, 15) is 4.79 Å². The van der Waals surface area contributed by atoms with Crippen LogP contribution in [0.2, 0.25) is 0 Å². The number of aromatic nitrogens is 2. The first kappa shape index (κ1) is 20.2. The number of benzene rings is 1. The van der Waals surface area contributed by atoms with Crippen LogP contribution in [-0.2, 0) is 4.74 Å². The summed E-state index contributed by atoms with van der Waals surface area (Å²) in [6, 6.07) is 11.4. The number of carbonyl (C=O) groups excluding carboxylic acids is 1. The van der Waals surface area contributed by atoms with Crippen LogP contribution in [0.1, 0.15) is 24.3 Å². The second-order valence-electron chi connectivity index (χ2n) is 7.31. The molecular weight excluding hydrogens is 354 g/mol. The van der Waals surface area contributed by atoms with Gasteiger partial charge in [-0.2, -0.15) is 0 Å². The lowest BCUT2D eigenvalue weighted by atomic mass is 10.2. The van der Waals surface area contributed by atoms with Gasteiger partial charge in [0.1, 0.15) is 11.5 Å². The number of amides is 1. The number of hydrogen-bond acceptors (Lipinski definition) is 6. The fourth-order valence-corrected chi connectivity index (χ4v) is 2.92. The van der Waals surface area contributed by atoms with E-state index in [1.54, 1.807) is 6.07 Å². The van der Waals surface area contributed by atoms with Crippen LogP contribution in [0.25, 0.3) is 11.4 Å². The van der Waals surface area contributed by atoms with Gasteiger partial charge in [0.25, 0.3) is 5.91 Å². The summed E-state index contributed by atoms with van der Waals surface area (Å²) in [7, 11) is 0. The Hall–Kier alpha value is -2.51. The summed E-state index contributed by atoms with van der Waals surface area (Å²) in [5, 5.41) is 6.28. The molecule has 0 spiro atoms. The molecule has 0 aliphatic carbocycles. The molecule has 7 nitrogen and oxygen atoms in total. The third kappa shape index (κ3) is 6.00. The number of anilines is 1. The zero-order valence-corrected chi connectivity index (χ0v) is 16.6. The van der Waals surface area contributed by atoms with Gasteiger partial charge in [0, 0.05) is 44.4 Å². The molecule has 1 aliphatic heterocycles. The summed E-state index contributed by atoms with van der Waals surface area (Å²) in [4.78, 5) is 24.0. The van der Waals surface area contributed by atoms with Crippen LogP contribution >= 0.6 is 0 Å². The van der Waals surface area contributed by atoms with Crippen molar-refractivity contribution in [2.45, 2.75) is 13.8 Å². The van der Waals surface area contributed by atoms with E-state index in [0.717, 1.165) is 45.0 Å². The Bertz CT molecular complexity index is 761. The van der Waals surface area contributed by atoms with Gasteiger partial charge in [-0.15, -0.1) is 0 Å². The molecule has 1 saturated heterocycles. The molecule has 1 fully saturated rings. The molecule has 28 heavy (non-hydrogen) atoms. The van der Waals surface area contributed by atoms with E-state index in [1.807, 2.05) is 30.3 Å². The van der Waals surface area contributed by atoms with Crippen molar-refractivity contribution in [1.82, 2.24) is 20.2 Å². The van der Waals surface area contributed by atoms with Crippen LogP contribution in [-0.4, -0.2) is 66.7 Å². The molecule has 1 aromatic carbocycles. The first-order valence-corrected chi connectivity index (χ1v) is 9.88. The van der Waals surface area contributed by atoms with E-state index in [-0.39, 0.29) is 5.91 Å². The van der Waals surface area contributed by atoms with Gasteiger partial charge in [-0.25, -0.2) is 9.97 Å². The average Bonchev–Trinajstić information content (AvgIpc) is 2.73. The zero-order valence-electron chi connectivity index (χ0n) is 16.6. The third-order valence-corrected chi connectivity index (χ3v) is 4.50. The zero-order chi connectivity index (χ0) is 19.8. The molecule has 0 atom stereocenters. The predicted octanol–water partition coefficient (Wildman–Crippen LogP) is 2.27. The van der Waals surface area contributed by atoms with Crippen LogP contribution in [0.5, 0.6) is 0 Å². The molecule has 0 unspecified atom stereocenters. The van der Waals surface area contributed by atoms with Gasteiger partial charge in [-0.05, 0) is 5.92 Å². The number of ether oxygens (including phenoxy) is 1. The van der Waals surface area contributed by atoms with Gasteiger partial charge < -0.3 is 15.4 Å². The fourth-order valence-electron chi connectivity index (χ4n) is 2.92. The molecule has 1 amide bonds. The Morgan fingerprint density at radius 2 is 1.93 bits per heavy atom. The van der Waals surface area contributed by atoms with Crippen molar-refractivity contribution in [3.05, 3.63) is 42.1 Å². The first-order valence-electron chi connectivity index (χ1n) is 9.88. The van der Waals surface area contributed by atoms with Crippen LogP contribution in [0.3, 0.4) is 0 Å². The van der Waals surface area contributed by atoms with Crippen molar-refractivity contribution in [2.24, 2.45) is 5.92 Å². The standard InChI is InChI=1S/C21H29N5O2/c1-16(2)15-23-21(27)18-14-19(22-8-9-26-10-12-28-13-11-26)25-20(24-18)17-6-4-3-5-7-17/h3-7,14,16H,8-13,15H2,1-2H3,(H,23,27)(H,22,24,25). The number of nitrogens with zero attached hydrogens (tertiary/aromatic N) is 3. The smallest absolute Gasteiger partial charge is 0.270 e. The second kappa shape index (κ2) is 10.1. The Morgan fingerprint density at radius 1 is 1.18 bits per heavy atom. The van der Waals surface area contributed by atoms with Gasteiger partial charge in [0.05, 0.1) is 13.2 Å². The Kier molecular flexibility index (Phi) is 7.33. The molecule has 0 saturated carbocycles. The highest BCUT2D eigenvalue weighted by Gasteiger charge is 2.14. The fraction of sp³-hybridized carbons (Fsp3) is 0.476. The van der Waals surface area contributed by atoms with Crippen LogP contribution in [0, 0.1) is 5.92 Å². The topological polar surface area (TPSA) is 79.4 Å². The van der Waals surface area contributed by atoms with E-state index in [4.69, 9.17) is 4.74 Å². The van der Waals surface area contributed by atoms with Crippen LogP contribution in [0.4, 0.5) is 5.82 Å². The summed E-state index contributed by atoms with van der Waals surface area (Å²) in [6.07, 6.45) is 0. The van der Waals surface area contributed by atoms with E-state index in [1.165, 1.54) is 0 Å². The first-order chi connectivity index (χ1) is 13.6. The van der Waals surface area contributed by atoms with Gasteiger partial charge in [0.2, 0.25) is 0 Å². The average molecular weight is 383 g/mol. The minimum Gasteiger partial charge on any atom is -0.379 e. The lowest BCUT2D eigenvalue weighted by Crippen LogP contribution is -2.39.